The van der Waals surface area contributed by atoms with E-state index in [1.807, 2.05) is 18.2 Å². The Hall–Kier alpha value is -2.37. The van der Waals surface area contributed by atoms with Crippen LogP contribution in [0.3, 0.4) is 0 Å². The molecule has 0 saturated heterocycles. The number of nitrogens with one attached hydrogen (secondary N) is 2. The fraction of sp³-hybridized carbons (Fsp3) is 0.0588. The fourth-order valence-corrected chi connectivity index (χ4v) is 2.18. The van der Waals surface area contributed by atoms with E-state index >= 15 is 0 Å². The lowest BCUT2D eigenvalue weighted by atomic mass is 10.2. The Bertz CT molecular complexity index is 730. The number of benzene rings is 2. The summed E-state index contributed by atoms with van der Waals surface area (Å²) in [4.78, 5) is 11.8. The average Bonchev–Trinajstić information content (AvgIpc) is 2.54. The minimum absolute atomic E-state index is 0.212. The zero-order valence-corrected chi connectivity index (χ0v) is 13.9. The second-order valence-electron chi connectivity index (χ2n) is 4.53. The summed E-state index contributed by atoms with van der Waals surface area (Å²) in [5.74, 6) is 0.407. The number of ether oxygens (including phenoxy) is 1. The van der Waals surface area contributed by atoms with Gasteiger partial charge in [0.1, 0.15) is 5.75 Å². The molecule has 23 heavy (non-hydrogen) atoms. The summed E-state index contributed by atoms with van der Waals surface area (Å²) in [6, 6.07) is 14.4. The van der Waals surface area contributed by atoms with Crippen LogP contribution >= 0.6 is 23.8 Å². The molecule has 2 rings (SSSR count). The van der Waals surface area contributed by atoms with E-state index in [-0.39, 0.29) is 11.0 Å². The van der Waals surface area contributed by atoms with Crippen molar-refractivity contribution in [1.82, 2.24) is 5.32 Å². The Labute approximate surface area is 145 Å². The highest BCUT2D eigenvalue weighted by Crippen LogP contribution is 2.16. The lowest BCUT2D eigenvalue weighted by Gasteiger charge is -2.08. The van der Waals surface area contributed by atoms with Crippen LogP contribution in [0.2, 0.25) is 5.02 Å². The topological polar surface area (TPSA) is 50.4 Å². The van der Waals surface area contributed by atoms with Gasteiger partial charge in [0.25, 0.3) is 0 Å². The number of halogens is 1. The number of methoxy groups -OCH3 is 1. The van der Waals surface area contributed by atoms with Crippen molar-refractivity contribution in [2.24, 2.45) is 0 Å². The molecular formula is C17H15ClN2O2S. The predicted octanol–water partition coefficient (Wildman–Crippen LogP) is 3.88. The first-order chi connectivity index (χ1) is 11.1. The summed E-state index contributed by atoms with van der Waals surface area (Å²) in [5, 5.41) is 6.28. The largest absolute Gasteiger partial charge is 0.497 e. The molecule has 118 valence electrons. The Kier molecular flexibility index (Phi) is 6.14. The third kappa shape index (κ3) is 5.39. The van der Waals surface area contributed by atoms with Crippen molar-refractivity contribution in [2.45, 2.75) is 0 Å². The maximum Gasteiger partial charge on any atom is 0.250 e. The molecule has 0 aliphatic rings. The number of thiocarbonyl (C=S) groups is 1. The highest BCUT2D eigenvalue weighted by atomic mass is 35.5. The minimum Gasteiger partial charge on any atom is -0.497 e. The van der Waals surface area contributed by atoms with Crippen LogP contribution in [0.5, 0.6) is 5.75 Å². The van der Waals surface area contributed by atoms with Gasteiger partial charge in [0.05, 0.1) is 7.11 Å². The lowest BCUT2D eigenvalue weighted by Crippen LogP contribution is -2.32. The summed E-state index contributed by atoms with van der Waals surface area (Å²) in [5.41, 5.74) is 1.52. The molecule has 4 nitrogen and oxygen atoms in total. The average molecular weight is 347 g/mol. The van der Waals surface area contributed by atoms with Crippen LogP contribution in [0.4, 0.5) is 5.69 Å². The highest BCUT2D eigenvalue weighted by Gasteiger charge is 2.02. The van der Waals surface area contributed by atoms with Crippen molar-refractivity contribution in [3.8, 4) is 5.75 Å². The van der Waals surface area contributed by atoms with Crippen LogP contribution in [-0.2, 0) is 4.79 Å². The van der Waals surface area contributed by atoms with Gasteiger partial charge < -0.3 is 10.1 Å². The standard InChI is InChI=1S/C17H15ClN2O2S/c1-22-14-9-7-13(8-10-14)19-17(23)20-16(21)11-6-12-4-2-3-5-15(12)18/h2-11H,1H3,(H2,19,20,21,23)/b11-6+. The molecule has 6 heteroatoms. The number of hydrogen-bond donors (Lipinski definition) is 2. The second-order valence-corrected chi connectivity index (χ2v) is 5.34. The number of amides is 1. The van der Waals surface area contributed by atoms with E-state index in [0.717, 1.165) is 17.0 Å². The van der Waals surface area contributed by atoms with Crippen molar-refractivity contribution in [1.29, 1.82) is 0 Å². The highest BCUT2D eigenvalue weighted by molar-refractivity contribution is 7.80. The van der Waals surface area contributed by atoms with E-state index in [4.69, 9.17) is 28.6 Å². The monoisotopic (exact) mass is 346 g/mol. The van der Waals surface area contributed by atoms with Gasteiger partial charge in [0.2, 0.25) is 5.91 Å². The SMILES string of the molecule is COc1ccc(NC(=S)NC(=O)/C=C/c2ccccc2Cl)cc1. The maximum absolute atomic E-state index is 11.8. The first-order valence-corrected chi connectivity index (χ1v) is 7.56. The van der Waals surface area contributed by atoms with E-state index in [2.05, 4.69) is 10.6 Å². The molecule has 2 N–H and O–H groups in total. The summed E-state index contributed by atoms with van der Waals surface area (Å²) >= 11 is 11.1. The molecule has 0 heterocycles. The zero-order chi connectivity index (χ0) is 16.7. The van der Waals surface area contributed by atoms with Crippen molar-refractivity contribution >= 4 is 46.6 Å². The van der Waals surface area contributed by atoms with Gasteiger partial charge in [-0.2, -0.15) is 0 Å². The summed E-state index contributed by atoms with van der Waals surface area (Å²) in [6.45, 7) is 0. The molecule has 0 bridgehead atoms. The molecule has 0 aromatic heterocycles. The van der Waals surface area contributed by atoms with Gasteiger partial charge in [-0.1, -0.05) is 29.8 Å². The van der Waals surface area contributed by atoms with E-state index in [0.29, 0.717) is 5.02 Å². The van der Waals surface area contributed by atoms with Crippen LogP contribution in [0, 0.1) is 0 Å². The lowest BCUT2D eigenvalue weighted by molar-refractivity contribution is -0.115. The molecule has 2 aromatic rings. The molecule has 2 aromatic carbocycles. The number of rotatable bonds is 4. The van der Waals surface area contributed by atoms with Crippen LogP contribution < -0.4 is 15.4 Å². The first-order valence-electron chi connectivity index (χ1n) is 6.77. The quantitative estimate of drug-likeness (QED) is 0.651. The number of carbonyl (C=O) groups excluding carboxylic acids is 1. The maximum atomic E-state index is 11.8. The Morgan fingerprint density at radius 1 is 1.17 bits per heavy atom. The molecule has 0 spiro atoms. The van der Waals surface area contributed by atoms with E-state index in [1.165, 1.54) is 6.08 Å². The van der Waals surface area contributed by atoms with Gasteiger partial charge in [-0.05, 0) is 54.2 Å². The number of carbonyl (C=O) groups is 1. The molecule has 0 radical (unpaired) electrons. The van der Waals surface area contributed by atoms with Gasteiger partial charge in [-0.15, -0.1) is 0 Å². The molecule has 0 unspecified atom stereocenters. The van der Waals surface area contributed by atoms with Crippen molar-refractivity contribution in [2.75, 3.05) is 12.4 Å². The van der Waals surface area contributed by atoms with Crippen molar-refractivity contribution in [3.63, 3.8) is 0 Å². The van der Waals surface area contributed by atoms with E-state index < -0.39 is 0 Å². The van der Waals surface area contributed by atoms with Crippen LogP contribution in [-0.4, -0.2) is 18.1 Å². The molecule has 1 amide bonds. The molecule has 0 aliphatic carbocycles. The Balaban J connectivity index is 1.89. The number of hydrogen-bond acceptors (Lipinski definition) is 3. The minimum atomic E-state index is -0.337. The third-order valence-electron chi connectivity index (χ3n) is 2.90. The summed E-state index contributed by atoms with van der Waals surface area (Å²) in [7, 11) is 1.60. The molecular weight excluding hydrogens is 332 g/mol. The van der Waals surface area contributed by atoms with Crippen LogP contribution in [0.25, 0.3) is 6.08 Å². The van der Waals surface area contributed by atoms with Crippen LogP contribution in [0.15, 0.2) is 54.6 Å². The first kappa shape index (κ1) is 17.0. The van der Waals surface area contributed by atoms with Gasteiger partial charge in [-0.3, -0.25) is 10.1 Å². The summed E-state index contributed by atoms with van der Waals surface area (Å²) in [6.07, 6.45) is 3.01. The second kappa shape index (κ2) is 8.31. The number of anilines is 1. The van der Waals surface area contributed by atoms with Gasteiger partial charge >= 0.3 is 0 Å². The summed E-state index contributed by atoms with van der Waals surface area (Å²) < 4.78 is 5.07. The van der Waals surface area contributed by atoms with Crippen molar-refractivity contribution in [3.05, 3.63) is 65.2 Å². The molecule has 0 fully saturated rings. The van der Waals surface area contributed by atoms with Crippen LogP contribution in [0.1, 0.15) is 5.56 Å². The third-order valence-corrected chi connectivity index (χ3v) is 3.45. The van der Waals surface area contributed by atoms with E-state index in [1.54, 1.807) is 43.5 Å². The normalized spacial score (nSPS) is 10.3. The predicted molar refractivity (Wildman–Crippen MR) is 97.8 cm³/mol. The molecule has 0 saturated carbocycles. The molecule has 0 aliphatic heterocycles. The van der Waals surface area contributed by atoms with Gasteiger partial charge in [0.15, 0.2) is 5.11 Å². The fourth-order valence-electron chi connectivity index (χ4n) is 1.77. The van der Waals surface area contributed by atoms with Crippen molar-refractivity contribution < 1.29 is 9.53 Å². The Morgan fingerprint density at radius 2 is 1.87 bits per heavy atom. The zero-order valence-electron chi connectivity index (χ0n) is 12.4. The van der Waals surface area contributed by atoms with Gasteiger partial charge in [0, 0.05) is 16.8 Å². The van der Waals surface area contributed by atoms with Gasteiger partial charge in [-0.25, -0.2) is 0 Å². The molecule has 0 atom stereocenters. The Morgan fingerprint density at radius 3 is 2.52 bits per heavy atom. The van der Waals surface area contributed by atoms with E-state index in [9.17, 15) is 4.79 Å². The smallest absolute Gasteiger partial charge is 0.250 e.